The molecule has 1 unspecified atom stereocenters. The molecule has 0 saturated heterocycles. The second kappa shape index (κ2) is 5.50. The molecule has 4 nitrogen and oxygen atoms in total. The Bertz CT molecular complexity index is 560. The number of nitrogens with one attached hydrogen (secondary N) is 1. The van der Waals surface area contributed by atoms with E-state index >= 15 is 0 Å². The van der Waals surface area contributed by atoms with Crippen LogP contribution in [0.25, 0.3) is 0 Å². The third-order valence-corrected chi connectivity index (χ3v) is 3.47. The zero-order chi connectivity index (χ0) is 14.0. The third kappa shape index (κ3) is 2.83. The van der Waals surface area contributed by atoms with Crippen molar-refractivity contribution >= 4 is 0 Å². The summed E-state index contributed by atoms with van der Waals surface area (Å²) in [6.45, 7) is 3.99. The molecule has 1 heterocycles. The number of aryl methyl sites for hydroxylation is 2. The van der Waals surface area contributed by atoms with E-state index in [4.69, 9.17) is 5.84 Å². The molecule has 0 fully saturated rings. The summed E-state index contributed by atoms with van der Waals surface area (Å²) in [7, 11) is 1.91. The second-order valence-electron chi connectivity index (χ2n) is 4.76. The summed E-state index contributed by atoms with van der Waals surface area (Å²) >= 11 is 0. The number of hydrogen-bond donors (Lipinski definition) is 2. The van der Waals surface area contributed by atoms with Crippen molar-refractivity contribution in [2.45, 2.75) is 26.3 Å². The lowest BCUT2D eigenvalue weighted by atomic mass is 9.98. The standard InChI is InChI=1S/C14H19FN4/c1-9-14(10(2)19(3)18-9)13(17-16)8-11-4-6-12(15)7-5-11/h4-7,13,17H,8,16H2,1-3H3. The van der Waals surface area contributed by atoms with Gasteiger partial charge in [-0.25, -0.2) is 4.39 Å². The molecule has 2 rings (SSSR count). The minimum Gasteiger partial charge on any atom is -0.272 e. The summed E-state index contributed by atoms with van der Waals surface area (Å²) in [5, 5.41) is 4.40. The van der Waals surface area contributed by atoms with E-state index in [1.807, 2.05) is 25.6 Å². The van der Waals surface area contributed by atoms with Gasteiger partial charge < -0.3 is 0 Å². The maximum atomic E-state index is 12.9. The van der Waals surface area contributed by atoms with Gasteiger partial charge in [0.2, 0.25) is 0 Å². The Hall–Kier alpha value is -1.72. The van der Waals surface area contributed by atoms with Crippen molar-refractivity contribution in [2.75, 3.05) is 0 Å². The fourth-order valence-electron chi connectivity index (χ4n) is 2.39. The fourth-order valence-corrected chi connectivity index (χ4v) is 2.39. The van der Waals surface area contributed by atoms with Crippen molar-refractivity contribution in [2.24, 2.45) is 12.9 Å². The van der Waals surface area contributed by atoms with Crippen molar-refractivity contribution in [1.82, 2.24) is 15.2 Å². The first-order chi connectivity index (χ1) is 9.02. The van der Waals surface area contributed by atoms with Crippen molar-refractivity contribution in [3.63, 3.8) is 0 Å². The number of rotatable bonds is 4. The molecule has 0 aliphatic rings. The molecule has 0 bridgehead atoms. The Morgan fingerprint density at radius 2 is 1.95 bits per heavy atom. The zero-order valence-electron chi connectivity index (χ0n) is 11.4. The van der Waals surface area contributed by atoms with Crippen LogP contribution >= 0.6 is 0 Å². The summed E-state index contributed by atoms with van der Waals surface area (Å²) in [4.78, 5) is 0. The molecule has 1 aromatic heterocycles. The van der Waals surface area contributed by atoms with Crippen LogP contribution in [0.1, 0.15) is 28.6 Å². The molecule has 1 aromatic carbocycles. The lowest BCUT2D eigenvalue weighted by Gasteiger charge is -2.17. The largest absolute Gasteiger partial charge is 0.272 e. The average Bonchev–Trinajstić information content (AvgIpc) is 2.63. The van der Waals surface area contributed by atoms with E-state index in [1.165, 1.54) is 12.1 Å². The fraction of sp³-hybridized carbons (Fsp3) is 0.357. The highest BCUT2D eigenvalue weighted by Crippen LogP contribution is 2.24. The lowest BCUT2D eigenvalue weighted by molar-refractivity contribution is 0.545. The Kier molecular flexibility index (Phi) is 3.97. The van der Waals surface area contributed by atoms with Gasteiger partial charge >= 0.3 is 0 Å². The SMILES string of the molecule is Cc1nn(C)c(C)c1C(Cc1ccc(F)cc1)NN. The van der Waals surface area contributed by atoms with Gasteiger partial charge in [0, 0.05) is 18.3 Å². The molecular weight excluding hydrogens is 243 g/mol. The normalized spacial score (nSPS) is 12.7. The van der Waals surface area contributed by atoms with Gasteiger partial charge in [0.1, 0.15) is 5.82 Å². The van der Waals surface area contributed by atoms with Crippen molar-refractivity contribution < 1.29 is 4.39 Å². The molecular formula is C14H19FN4. The maximum absolute atomic E-state index is 12.9. The van der Waals surface area contributed by atoms with Gasteiger partial charge in [0.25, 0.3) is 0 Å². The topological polar surface area (TPSA) is 55.9 Å². The molecule has 0 radical (unpaired) electrons. The molecule has 5 heteroatoms. The lowest BCUT2D eigenvalue weighted by Crippen LogP contribution is -2.30. The number of halogens is 1. The molecule has 0 spiro atoms. The Morgan fingerprint density at radius 1 is 1.32 bits per heavy atom. The van der Waals surface area contributed by atoms with Gasteiger partial charge in [-0.2, -0.15) is 5.10 Å². The van der Waals surface area contributed by atoms with E-state index in [2.05, 4.69) is 10.5 Å². The van der Waals surface area contributed by atoms with Crippen LogP contribution in [0.2, 0.25) is 0 Å². The van der Waals surface area contributed by atoms with Crippen molar-refractivity contribution in [3.8, 4) is 0 Å². The molecule has 102 valence electrons. The molecule has 2 aromatic rings. The van der Waals surface area contributed by atoms with E-state index in [0.29, 0.717) is 6.42 Å². The van der Waals surface area contributed by atoms with Crippen molar-refractivity contribution in [3.05, 3.63) is 52.6 Å². The van der Waals surface area contributed by atoms with Gasteiger partial charge in [-0.1, -0.05) is 12.1 Å². The zero-order valence-corrected chi connectivity index (χ0v) is 11.4. The molecule has 0 aliphatic carbocycles. The van der Waals surface area contributed by atoms with Crippen LogP contribution in [-0.2, 0) is 13.5 Å². The monoisotopic (exact) mass is 262 g/mol. The number of hydrazine groups is 1. The molecule has 19 heavy (non-hydrogen) atoms. The molecule has 1 atom stereocenters. The summed E-state index contributed by atoms with van der Waals surface area (Å²) in [6.07, 6.45) is 0.699. The van der Waals surface area contributed by atoms with Crippen LogP contribution in [0.3, 0.4) is 0 Å². The van der Waals surface area contributed by atoms with E-state index in [9.17, 15) is 4.39 Å². The van der Waals surface area contributed by atoms with E-state index in [1.54, 1.807) is 12.1 Å². The average molecular weight is 262 g/mol. The number of aromatic nitrogens is 2. The van der Waals surface area contributed by atoms with Crippen LogP contribution < -0.4 is 11.3 Å². The van der Waals surface area contributed by atoms with E-state index in [-0.39, 0.29) is 11.9 Å². The number of benzene rings is 1. The quantitative estimate of drug-likeness (QED) is 0.654. The minimum absolute atomic E-state index is 0.0286. The molecule has 0 amide bonds. The highest BCUT2D eigenvalue weighted by atomic mass is 19.1. The third-order valence-electron chi connectivity index (χ3n) is 3.47. The van der Waals surface area contributed by atoms with Gasteiger partial charge in [0.05, 0.1) is 11.7 Å². The van der Waals surface area contributed by atoms with Crippen LogP contribution in [0.5, 0.6) is 0 Å². The Balaban J connectivity index is 2.27. The Labute approximate surface area is 112 Å². The highest BCUT2D eigenvalue weighted by Gasteiger charge is 2.19. The molecule has 0 saturated carbocycles. The Morgan fingerprint density at radius 3 is 2.42 bits per heavy atom. The van der Waals surface area contributed by atoms with E-state index in [0.717, 1.165) is 22.5 Å². The first kappa shape index (κ1) is 13.7. The van der Waals surface area contributed by atoms with Crippen LogP contribution in [-0.4, -0.2) is 9.78 Å². The van der Waals surface area contributed by atoms with E-state index < -0.39 is 0 Å². The highest BCUT2D eigenvalue weighted by molar-refractivity contribution is 5.30. The minimum atomic E-state index is -0.227. The number of nitrogens with zero attached hydrogens (tertiary/aromatic N) is 2. The first-order valence-corrected chi connectivity index (χ1v) is 6.23. The van der Waals surface area contributed by atoms with Gasteiger partial charge in [-0.05, 0) is 38.0 Å². The van der Waals surface area contributed by atoms with Crippen LogP contribution in [0.15, 0.2) is 24.3 Å². The van der Waals surface area contributed by atoms with Crippen molar-refractivity contribution in [1.29, 1.82) is 0 Å². The maximum Gasteiger partial charge on any atom is 0.123 e. The summed E-state index contributed by atoms with van der Waals surface area (Å²) in [6, 6.07) is 6.46. The predicted octanol–water partition coefficient (Wildman–Crippen LogP) is 1.92. The summed E-state index contributed by atoms with van der Waals surface area (Å²) < 4.78 is 14.8. The number of nitrogens with two attached hydrogens (primary N) is 1. The van der Waals surface area contributed by atoms with Gasteiger partial charge in [-0.15, -0.1) is 0 Å². The second-order valence-corrected chi connectivity index (χ2v) is 4.76. The predicted molar refractivity (Wildman–Crippen MR) is 72.9 cm³/mol. The number of hydrogen-bond acceptors (Lipinski definition) is 3. The smallest absolute Gasteiger partial charge is 0.123 e. The molecule has 3 N–H and O–H groups in total. The summed E-state index contributed by atoms with van der Waals surface area (Å²) in [5.41, 5.74) is 7.02. The van der Waals surface area contributed by atoms with Gasteiger partial charge in [-0.3, -0.25) is 16.0 Å². The summed E-state index contributed by atoms with van der Waals surface area (Å²) in [5.74, 6) is 5.44. The van der Waals surface area contributed by atoms with Gasteiger partial charge in [0.15, 0.2) is 0 Å². The molecule has 0 aliphatic heterocycles. The van der Waals surface area contributed by atoms with Crippen LogP contribution in [0.4, 0.5) is 4.39 Å². The first-order valence-electron chi connectivity index (χ1n) is 6.23. The van der Waals surface area contributed by atoms with Crippen LogP contribution in [0, 0.1) is 19.7 Å².